The highest BCUT2D eigenvalue weighted by Gasteiger charge is 2.58. The van der Waals surface area contributed by atoms with E-state index < -0.39 is 17.6 Å². The number of nitrogens with one attached hydrogen (secondary N) is 2. The lowest BCUT2D eigenvalue weighted by atomic mass is 9.93. The Bertz CT molecular complexity index is 1230. The van der Waals surface area contributed by atoms with E-state index in [9.17, 15) is 19.2 Å². The molecule has 9 heteroatoms. The number of aryl methyl sites for hydroxylation is 1. The van der Waals surface area contributed by atoms with Crippen LogP contribution in [0.5, 0.6) is 0 Å². The van der Waals surface area contributed by atoms with Gasteiger partial charge in [0.05, 0.1) is 0 Å². The molecule has 2 aromatic carbocycles. The summed E-state index contributed by atoms with van der Waals surface area (Å²) in [5.74, 6) is -0.716. The van der Waals surface area contributed by atoms with Gasteiger partial charge in [-0.05, 0) is 48.9 Å². The number of benzene rings is 2. The van der Waals surface area contributed by atoms with Gasteiger partial charge in [-0.25, -0.2) is 14.5 Å². The minimum atomic E-state index is -1.42. The molecule has 1 saturated heterocycles. The first-order valence-electron chi connectivity index (χ1n) is 13.4. The Balaban J connectivity index is 1.32. The smallest absolute Gasteiger partial charge is 0.418 e. The van der Waals surface area contributed by atoms with Crippen LogP contribution < -0.4 is 10.6 Å². The van der Waals surface area contributed by atoms with Gasteiger partial charge in [-0.2, -0.15) is 0 Å². The van der Waals surface area contributed by atoms with Crippen molar-refractivity contribution in [3.8, 4) is 0 Å². The first-order chi connectivity index (χ1) is 18.4. The van der Waals surface area contributed by atoms with Crippen molar-refractivity contribution in [2.75, 3.05) is 25.5 Å². The zero-order valence-corrected chi connectivity index (χ0v) is 21.7. The number of carbonyl (C=O) groups is 4. The van der Waals surface area contributed by atoms with Crippen molar-refractivity contribution >= 4 is 29.6 Å². The van der Waals surface area contributed by atoms with Crippen molar-refractivity contribution in [1.29, 1.82) is 0 Å². The second kappa shape index (κ2) is 10.8. The average molecular weight is 519 g/mol. The lowest BCUT2D eigenvalue weighted by molar-refractivity contribution is -0.143. The first kappa shape index (κ1) is 25.8. The minimum absolute atomic E-state index is 0.112. The lowest BCUT2D eigenvalue weighted by Gasteiger charge is -2.35. The molecule has 2 aliphatic carbocycles. The summed E-state index contributed by atoms with van der Waals surface area (Å²) < 4.78 is 5.73. The number of carbonyl (C=O) groups excluding carboxylic acids is 4. The van der Waals surface area contributed by atoms with Gasteiger partial charge in [0.2, 0.25) is 11.5 Å². The maximum atomic E-state index is 13.7. The van der Waals surface area contributed by atoms with Crippen LogP contribution in [0.3, 0.4) is 0 Å². The molecule has 1 heterocycles. The van der Waals surface area contributed by atoms with Gasteiger partial charge in [0.25, 0.3) is 5.91 Å². The second-order valence-corrected chi connectivity index (χ2v) is 10.3. The Morgan fingerprint density at radius 3 is 2.58 bits per heavy atom. The molecule has 0 bridgehead atoms. The highest BCUT2D eigenvalue weighted by atomic mass is 16.6. The fourth-order valence-corrected chi connectivity index (χ4v) is 5.95. The molecular weight excluding hydrogens is 484 g/mol. The summed E-state index contributed by atoms with van der Waals surface area (Å²) in [6, 6.07) is 15.0. The molecule has 5 rings (SSSR count). The maximum Gasteiger partial charge on any atom is 0.418 e. The van der Waals surface area contributed by atoms with E-state index in [-0.39, 0.29) is 24.5 Å². The maximum absolute atomic E-state index is 13.7. The van der Waals surface area contributed by atoms with E-state index in [1.165, 1.54) is 7.05 Å². The van der Waals surface area contributed by atoms with E-state index in [2.05, 4.69) is 10.6 Å². The van der Waals surface area contributed by atoms with Gasteiger partial charge >= 0.3 is 12.1 Å². The number of anilines is 1. The molecule has 1 saturated carbocycles. The zero-order chi connectivity index (χ0) is 26.7. The third-order valence-corrected chi connectivity index (χ3v) is 7.96. The zero-order valence-electron chi connectivity index (χ0n) is 21.7. The molecule has 0 aromatic heterocycles. The fraction of sp³-hybridized carbons (Fsp3) is 0.448. The first-order valence-corrected chi connectivity index (χ1v) is 13.4. The van der Waals surface area contributed by atoms with E-state index in [4.69, 9.17) is 4.74 Å². The number of hydrogen-bond acceptors (Lipinski definition) is 5. The molecule has 1 spiro atoms. The molecule has 0 unspecified atom stereocenters. The fourth-order valence-electron chi connectivity index (χ4n) is 5.95. The van der Waals surface area contributed by atoms with Crippen molar-refractivity contribution in [3.05, 3.63) is 65.2 Å². The molecule has 9 nitrogen and oxygen atoms in total. The number of nitrogens with zero attached hydrogens (tertiary/aromatic N) is 2. The van der Waals surface area contributed by atoms with Crippen LogP contribution >= 0.6 is 0 Å². The molecular formula is C29H34N4O5. The molecule has 3 aliphatic rings. The Morgan fingerprint density at radius 1 is 1.08 bits per heavy atom. The number of imide groups is 1. The van der Waals surface area contributed by atoms with Gasteiger partial charge in [0.1, 0.15) is 6.54 Å². The number of ether oxygens (including phenoxy) is 1. The van der Waals surface area contributed by atoms with Crippen molar-refractivity contribution in [3.63, 3.8) is 0 Å². The van der Waals surface area contributed by atoms with Crippen LogP contribution in [0.4, 0.5) is 15.3 Å². The summed E-state index contributed by atoms with van der Waals surface area (Å²) in [5, 5.41) is 5.22. The molecule has 1 atom stereocenters. The summed E-state index contributed by atoms with van der Waals surface area (Å²) in [4.78, 5) is 54.8. The lowest BCUT2D eigenvalue weighted by Crippen LogP contribution is -2.49. The van der Waals surface area contributed by atoms with Crippen LogP contribution in [0.2, 0.25) is 0 Å². The standard InChI is InChI=1S/C29H34N4O5/c1-30-27(36)31-22-12-13-24-21(18-22)14-16-29(24)26(35)33(28(37)38-29)19-25(34)32(23-10-6-3-7-11-23)17-15-20-8-4-2-5-9-20/h2,4-5,8-9,12-13,18,23H,3,6-7,10-11,14-17,19H2,1H3,(H2,30,31,36)/t29-/m1/s1. The van der Waals surface area contributed by atoms with Crippen LogP contribution in [0.15, 0.2) is 48.5 Å². The monoisotopic (exact) mass is 518 g/mol. The Morgan fingerprint density at radius 2 is 1.84 bits per heavy atom. The third-order valence-electron chi connectivity index (χ3n) is 7.96. The number of rotatable bonds is 7. The van der Waals surface area contributed by atoms with Gasteiger partial charge in [-0.1, -0.05) is 55.7 Å². The molecule has 0 radical (unpaired) electrons. The summed E-state index contributed by atoms with van der Waals surface area (Å²) >= 11 is 0. The number of urea groups is 1. The third kappa shape index (κ3) is 4.97. The average Bonchev–Trinajstić information content (AvgIpc) is 3.41. The molecule has 5 amide bonds. The molecule has 2 aromatic rings. The van der Waals surface area contributed by atoms with E-state index in [1.54, 1.807) is 18.2 Å². The quantitative estimate of drug-likeness (QED) is 0.577. The Kier molecular flexibility index (Phi) is 7.35. The number of amides is 5. The van der Waals surface area contributed by atoms with Crippen molar-refractivity contribution in [2.24, 2.45) is 0 Å². The van der Waals surface area contributed by atoms with Gasteiger partial charge < -0.3 is 20.3 Å². The van der Waals surface area contributed by atoms with E-state index in [0.29, 0.717) is 37.1 Å². The van der Waals surface area contributed by atoms with Crippen LogP contribution in [0.25, 0.3) is 0 Å². The summed E-state index contributed by atoms with van der Waals surface area (Å²) in [5.41, 5.74) is 1.76. The molecule has 200 valence electrons. The van der Waals surface area contributed by atoms with Crippen molar-refractivity contribution < 1.29 is 23.9 Å². The van der Waals surface area contributed by atoms with Crippen LogP contribution in [-0.4, -0.2) is 59.9 Å². The Hall–Kier alpha value is -3.88. The van der Waals surface area contributed by atoms with Crippen LogP contribution in [-0.2, 0) is 32.8 Å². The molecule has 2 fully saturated rings. The number of hydrogen-bond donors (Lipinski definition) is 2. The summed E-state index contributed by atoms with van der Waals surface area (Å²) in [6.45, 7) is 0.218. The highest BCUT2D eigenvalue weighted by molar-refractivity contribution is 6.06. The van der Waals surface area contributed by atoms with E-state index >= 15 is 0 Å². The largest absolute Gasteiger partial charge is 0.427 e. The predicted molar refractivity (Wildman–Crippen MR) is 141 cm³/mol. The highest BCUT2D eigenvalue weighted by Crippen LogP contribution is 2.46. The summed E-state index contributed by atoms with van der Waals surface area (Å²) in [6.07, 6.45) is 5.93. The van der Waals surface area contributed by atoms with Crippen molar-refractivity contribution in [2.45, 2.75) is 63.0 Å². The van der Waals surface area contributed by atoms with Crippen LogP contribution in [0, 0.1) is 0 Å². The van der Waals surface area contributed by atoms with Crippen LogP contribution in [0.1, 0.15) is 55.2 Å². The summed E-state index contributed by atoms with van der Waals surface area (Å²) in [7, 11) is 1.53. The van der Waals surface area contributed by atoms with Gasteiger partial charge in [0.15, 0.2) is 0 Å². The molecule has 1 aliphatic heterocycles. The van der Waals surface area contributed by atoms with Gasteiger partial charge in [-0.15, -0.1) is 0 Å². The topological polar surface area (TPSA) is 108 Å². The predicted octanol–water partition coefficient (Wildman–Crippen LogP) is 3.96. The number of fused-ring (bicyclic) bond motifs is 2. The Labute approximate surface area is 222 Å². The minimum Gasteiger partial charge on any atom is -0.427 e. The second-order valence-electron chi connectivity index (χ2n) is 10.3. The van der Waals surface area contributed by atoms with Gasteiger partial charge in [-0.3, -0.25) is 9.59 Å². The van der Waals surface area contributed by atoms with Gasteiger partial charge in [0, 0.05) is 37.3 Å². The SMILES string of the molecule is CNC(=O)Nc1ccc2c(c1)CC[C@@]21OC(=O)N(CC(=O)N(CCc2ccccc2)C2CCCCC2)C1=O. The van der Waals surface area contributed by atoms with Crippen molar-refractivity contribution in [1.82, 2.24) is 15.1 Å². The van der Waals surface area contributed by atoms with E-state index in [1.807, 2.05) is 35.2 Å². The normalized spacial score (nSPS) is 20.8. The molecule has 38 heavy (non-hydrogen) atoms. The molecule has 2 N–H and O–H groups in total. The van der Waals surface area contributed by atoms with E-state index in [0.717, 1.165) is 48.1 Å².